The van der Waals surface area contributed by atoms with Crippen LogP contribution in [0.15, 0.2) is 44.7 Å². The Bertz CT molecular complexity index is 1140. The lowest BCUT2D eigenvalue weighted by Crippen LogP contribution is -2.29. The van der Waals surface area contributed by atoms with E-state index < -0.39 is 5.41 Å². The highest BCUT2D eigenvalue weighted by molar-refractivity contribution is 9.10. The molecule has 29 heavy (non-hydrogen) atoms. The molecule has 2 aromatic carbocycles. The topological polar surface area (TPSA) is 56.5 Å². The second kappa shape index (κ2) is 8.46. The van der Waals surface area contributed by atoms with Gasteiger partial charge in [0.15, 0.2) is 5.75 Å². The fourth-order valence-electron chi connectivity index (χ4n) is 2.80. The van der Waals surface area contributed by atoms with Gasteiger partial charge in [0, 0.05) is 9.89 Å². The van der Waals surface area contributed by atoms with Crippen LogP contribution in [0.2, 0.25) is 10.0 Å². The van der Waals surface area contributed by atoms with E-state index >= 15 is 0 Å². The third kappa shape index (κ3) is 4.65. The van der Waals surface area contributed by atoms with E-state index in [1.54, 1.807) is 18.2 Å². The first kappa shape index (κ1) is 21.8. The van der Waals surface area contributed by atoms with Crippen molar-refractivity contribution in [2.45, 2.75) is 33.1 Å². The van der Waals surface area contributed by atoms with Gasteiger partial charge in [-0.15, -0.1) is 0 Å². The number of aromatic nitrogens is 2. The van der Waals surface area contributed by atoms with Crippen molar-refractivity contribution in [3.8, 4) is 5.75 Å². The van der Waals surface area contributed by atoms with Gasteiger partial charge in [0.25, 0.3) is 5.56 Å². The standard InChI is InChI=1S/C21H20BrCl2N3O2/c1-5-29-18-15(23)8-12(9-16(18)24)11-25-27-19(28)14-10-13(22)6-7-17(14)26-20(27)21(2,3)4/h6-11H,5H2,1-4H3. The molecule has 1 heterocycles. The van der Waals surface area contributed by atoms with Crippen molar-refractivity contribution in [2.75, 3.05) is 6.61 Å². The second-order valence-electron chi connectivity index (χ2n) is 7.46. The smallest absolute Gasteiger partial charge is 0.282 e. The van der Waals surface area contributed by atoms with Gasteiger partial charge in [-0.1, -0.05) is 59.9 Å². The Kier molecular flexibility index (Phi) is 6.36. The van der Waals surface area contributed by atoms with Gasteiger partial charge < -0.3 is 4.74 Å². The lowest BCUT2D eigenvalue weighted by atomic mass is 9.95. The van der Waals surface area contributed by atoms with Gasteiger partial charge in [-0.25, -0.2) is 4.98 Å². The van der Waals surface area contributed by atoms with E-state index in [0.717, 1.165) is 4.47 Å². The summed E-state index contributed by atoms with van der Waals surface area (Å²) in [7, 11) is 0. The van der Waals surface area contributed by atoms with Crippen LogP contribution < -0.4 is 10.3 Å². The molecule has 0 unspecified atom stereocenters. The predicted molar refractivity (Wildman–Crippen MR) is 123 cm³/mol. The predicted octanol–water partition coefficient (Wildman–Crippen LogP) is 6.04. The summed E-state index contributed by atoms with van der Waals surface area (Å²) in [6.07, 6.45) is 1.54. The number of ether oxygens (including phenoxy) is 1. The molecular formula is C21H20BrCl2N3O2. The zero-order chi connectivity index (χ0) is 21.3. The van der Waals surface area contributed by atoms with Crippen LogP contribution >= 0.6 is 39.1 Å². The molecule has 0 aliphatic rings. The van der Waals surface area contributed by atoms with Crippen LogP contribution in [-0.2, 0) is 5.41 Å². The van der Waals surface area contributed by atoms with Gasteiger partial charge in [-0.05, 0) is 42.8 Å². The van der Waals surface area contributed by atoms with E-state index in [9.17, 15) is 4.79 Å². The molecule has 0 aliphatic carbocycles. The fourth-order valence-corrected chi connectivity index (χ4v) is 3.78. The highest BCUT2D eigenvalue weighted by Crippen LogP contribution is 2.33. The molecule has 0 radical (unpaired) electrons. The third-order valence-corrected chi connectivity index (χ3v) is 5.17. The first-order valence-corrected chi connectivity index (χ1v) is 10.6. The van der Waals surface area contributed by atoms with E-state index in [1.165, 1.54) is 10.9 Å². The average molecular weight is 497 g/mol. The maximum absolute atomic E-state index is 13.2. The van der Waals surface area contributed by atoms with Crippen LogP contribution in [-0.4, -0.2) is 22.5 Å². The Balaban J connectivity index is 2.16. The molecular weight excluding hydrogens is 477 g/mol. The zero-order valence-corrected chi connectivity index (χ0v) is 19.6. The average Bonchev–Trinajstić information content (AvgIpc) is 2.63. The van der Waals surface area contributed by atoms with E-state index in [1.807, 2.05) is 39.8 Å². The van der Waals surface area contributed by atoms with Crippen LogP contribution in [0.5, 0.6) is 5.75 Å². The SMILES string of the molecule is CCOc1c(Cl)cc(C=Nn2c(C(C)(C)C)nc3ccc(Br)cc3c2=O)cc1Cl. The summed E-state index contributed by atoms with van der Waals surface area (Å²) in [5.74, 6) is 0.981. The molecule has 3 rings (SSSR count). The Morgan fingerprint density at radius 2 is 1.86 bits per heavy atom. The lowest BCUT2D eigenvalue weighted by Gasteiger charge is -2.20. The van der Waals surface area contributed by atoms with Gasteiger partial charge >= 0.3 is 0 Å². The molecule has 1 aromatic heterocycles. The third-order valence-electron chi connectivity index (χ3n) is 4.11. The van der Waals surface area contributed by atoms with E-state index in [-0.39, 0.29) is 5.56 Å². The Labute approximate surface area is 187 Å². The summed E-state index contributed by atoms with van der Waals surface area (Å²) in [4.78, 5) is 17.8. The van der Waals surface area contributed by atoms with Crippen LogP contribution in [0, 0.1) is 0 Å². The largest absolute Gasteiger partial charge is 0.491 e. The molecule has 0 bridgehead atoms. The molecule has 0 aliphatic heterocycles. The molecule has 0 spiro atoms. The molecule has 0 N–H and O–H groups in total. The van der Waals surface area contributed by atoms with Crippen LogP contribution in [0.3, 0.4) is 0 Å². The van der Waals surface area contributed by atoms with E-state index in [0.29, 0.717) is 44.7 Å². The summed E-state index contributed by atoms with van der Waals surface area (Å²) in [5, 5.41) is 5.66. The normalized spacial score (nSPS) is 12.1. The van der Waals surface area contributed by atoms with Crippen molar-refractivity contribution in [3.05, 3.63) is 66.6 Å². The summed E-state index contributed by atoms with van der Waals surface area (Å²) in [6, 6.07) is 8.80. The molecule has 0 saturated heterocycles. The lowest BCUT2D eigenvalue weighted by molar-refractivity contribution is 0.340. The van der Waals surface area contributed by atoms with Crippen LogP contribution in [0.1, 0.15) is 39.1 Å². The molecule has 0 atom stereocenters. The molecule has 0 saturated carbocycles. The minimum absolute atomic E-state index is 0.249. The van der Waals surface area contributed by atoms with E-state index in [4.69, 9.17) is 32.9 Å². The molecule has 0 amide bonds. The summed E-state index contributed by atoms with van der Waals surface area (Å²) in [6.45, 7) is 8.26. The number of hydrogen-bond acceptors (Lipinski definition) is 4. The Hall–Kier alpha value is -1.89. The van der Waals surface area contributed by atoms with Gasteiger partial charge in [0.05, 0.1) is 33.8 Å². The highest BCUT2D eigenvalue weighted by atomic mass is 79.9. The summed E-state index contributed by atoms with van der Waals surface area (Å²) < 4.78 is 7.57. The number of benzene rings is 2. The maximum atomic E-state index is 13.2. The van der Waals surface area contributed by atoms with Gasteiger partial charge in [0.2, 0.25) is 0 Å². The monoisotopic (exact) mass is 495 g/mol. The summed E-state index contributed by atoms with van der Waals surface area (Å²) >= 11 is 15.9. The van der Waals surface area contributed by atoms with Crippen molar-refractivity contribution in [3.63, 3.8) is 0 Å². The Morgan fingerprint density at radius 3 is 2.45 bits per heavy atom. The summed E-state index contributed by atoms with van der Waals surface area (Å²) in [5.41, 5.74) is 0.623. The highest BCUT2D eigenvalue weighted by Gasteiger charge is 2.23. The number of halogens is 3. The quantitative estimate of drug-likeness (QED) is 0.413. The minimum Gasteiger partial charge on any atom is -0.491 e. The minimum atomic E-state index is -0.397. The van der Waals surface area contributed by atoms with Crippen molar-refractivity contribution in [1.29, 1.82) is 0 Å². The number of nitrogens with zero attached hydrogens (tertiary/aromatic N) is 3. The second-order valence-corrected chi connectivity index (χ2v) is 9.19. The van der Waals surface area contributed by atoms with Gasteiger partial charge in [0.1, 0.15) is 5.82 Å². The van der Waals surface area contributed by atoms with Crippen molar-refractivity contribution in [2.24, 2.45) is 5.10 Å². The van der Waals surface area contributed by atoms with Crippen molar-refractivity contribution in [1.82, 2.24) is 9.66 Å². The van der Waals surface area contributed by atoms with Crippen molar-refractivity contribution >= 4 is 56.2 Å². The number of fused-ring (bicyclic) bond motifs is 1. The van der Waals surface area contributed by atoms with Crippen LogP contribution in [0.4, 0.5) is 0 Å². The number of rotatable bonds is 4. The first-order valence-electron chi connectivity index (χ1n) is 9.01. The van der Waals surface area contributed by atoms with E-state index in [2.05, 4.69) is 21.0 Å². The first-order chi connectivity index (χ1) is 13.6. The molecule has 8 heteroatoms. The molecule has 152 valence electrons. The fraction of sp³-hybridized carbons (Fsp3) is 0.286. The maximum Gasteiger partial charge on any atom is 0.282 e. The molecule has 5 nitrogen and oxygen atoms in total. The number of hydrogen-bond donors (Lipinski definition) is 0. The van der Waals surface area contributed by atoms with Gasteiger partial charge in [-0.2, -0.15) is 9.78 Å². The van der Waals surface area contributed by atoms with Gasteiger partial charge in [-0.3, -0.25) is 4.79 Å². The molecule has 3 aromatic rings. The van der Waals surface area contributed by atoms with Crippen molar-refractivity contribution < 1.29 is 4.74 Å². The zero-order valence-electron chi connectivity index (χ0n) is 16.5. The molecule has 0 fully saturated rings. The Morgan fingerprint density at radius 1 is 1.21 bits per heavy atom. The van der Waals surface area contributed by atoms with Crippen LogP contribution in [0.25, 0.3) is 10.9 Å².